The molecule has 6 heteroatoms. The molecule has 0 saturated carbocycles. The first kappa shape index (κ1) is 14.5. The number of fused-ring (bicyclic) bond motifs is 1. The van der Waals surface area contributed by atoms with Crippen molar-refractivity contribution < 1.29 is 18.7 Å². The van der Waals surface area contributed by atoms with Gasteiger partial charge in [-0.25, -0.2) is 4.79 Å². The van der Waals surface area contributed by atoms with Gasteiger partial charge in [0.2, 0.25) is 11.8 Å². The lowest BCUT2D eigenvalue weighted by Gasteiger charge is -2.29. The Hall–Kier alpha value is -2.47. The number of hydrogen-bond acceptors (Lipinski definition) is 5. The van der Waals surface area contributed by atoms with Gasteiger partial charge >= 0.3 is 5.97 Å². The van der Waals surface area contributed by atoms with Gasteiger partial charge in [-0.2, -0.15) is 9.37 Å². The Bertz CT molecular complexity index is 720. The van der Waals surface area contributed by atoms with Crippen LogP contribution in [-0.4, -0.2) is 18.1 Å². The normalized spacial score (nSPS) is 20.0. The molecule has 1 aliphatic heterocycles. The van der Waals surface area contributed by atoms with Crippen molar-refractivity contribution in [1.29, 1.82) is 0 Å². The van der Waals surface area contributed by atoms with Crippen LogP contribution in [0, 0.1) is 5.95 Å². The number of ether oxygens (including phenoxy) is 2. The summed E-state index contributed by atoms with van der Waals surface area (Å²) < 4.78 is 23.7. The molecule has 22 heavy (non-hydrogen) atoms. The Kier molecular flexibility index (Phi) is 3.77. The number of nitrogens with two attached hydrogens (primary N) is 1. The van der Waals surface area contributed by atoms with E-state index >= 15 is 0 Å². The SMILES string of the molecule is COC(=O)c1cccc([C@H]2C[C@@H](N)c3ccc(F)nc3O2)c1. The minimum Gasteiger partial charge on any atom is -0.469 e. The van der Waals surface area contributed by atoms with E-state index in [2.05, 4.69) is 4.98 Å². The quantitative estimate of drug-likeness (QED) is 0.681. The number of aromatic nitrogens is 1. The summed E-state index contributed by atoms with van der Waals surface area (Å²) in [6, 6.07) is 9.46. The fraction of sp³-hybridized carbons (Fsp3) is 0.250. The molecule has 0 amide bonds. The highest BCUT2D eigenvalue weighted by Gasteiger charge is 2.29. The van der Waals surface area contributed by atoms with Crippen LogP contribution in [-0.2, 0) is 4.74 Å². The molecule has 2 atom stereocenters. The molecule has 0 unspecified atom stereocenters. The zero-order chi connectivity index (χ0) is 15.7. The second-order valence-electron chi connectivity index (χ2n) is 5.09. The van der Waals surface area contributed by atoms with Gasteiger partial charge in [-0.3, -0.25) is 0 Å². The summed E-state index contributed by atoms with van der Waals surface area (Å²) in [6.45, 7) is 0. The van der Waals surface area contributed by atoms with Gasteiger partial charge in [-0.1, -0.05) is 12.1 Å². The van der Waals surface area contributed by atoms with Crippen molar-refractivity contribution in [2.45, 2.75) is 18.6 Å². The van der Waals surface area contributed by atoms with Crippen molar-refractivity contribution in [3.63, 3.8) is 0 Å². The number of pyridine rings is 1. The van der Waals surface area contributed by atoms with Crippen molar-refractivity contribution in [3.8, 4) is 5.88 Å². The maximum Gasteiger partial charge on any atom is 0.337 e. The summed E-state index contributed by atoms with van der Waals surface area (Å²) >= 11 is 0. The molecule has 0 radical (unpaired) electrons. The highest BCUT2D eigenvalue weighted by Crippen LogP contribution is 2.38. The summed E-state index contributed by atoms with van der Waals surface area (Å²) in [5.41, 5.74) is 8.00. The van der Waals surface area contributed by atoms with Crippen molar-refractivity contribution in [2.24, 2.45) is 5.73 Å². The van der Waals surface area contributed by atoms with Gasteiger partial charge in [0.1, 0.15) is 6.10 Å². The van der Waals surface area contributed by atoms with E-state index in [0.717, 1.165) is 5.56 Å². The highest BCUT2D eigenvalue weighted by molar-refractivity contribution is 5.89. The molecule has 2 N–H and O–H groups in total. The average Bonchev–Trinajstić information content (AvgIpc) is 2.53. The van der Waals surface area contributed by atoms with Crippen LogP contribution in [0.15, 0.2) is 36.4 Å². The Balaban J connectivity index is 1.92. The lowest BCUT2D eigenvalue weighted by molar-refractivity contribution is 0.0600. The fourth-order valence-electron chi connectivity index (χ4n) is 2.53. The molecule has 0 bridgehead atoms. The smallest absolute Gasteiger partial charge is 0.337 e. The maximum absolute atomic E-state index is 13.3. The van der Waals surface area contributed by atoms with E-state index in [1.54, 1.807) is 24.3 Å². The van der Waals surface area contributed by atoms with Gasteiger partial charge < -0.3 is 15.2 Å². The van der Waals surface area contributed by atoms with Crippen molar-refractivity contribution in [2.75, 3.05) is 7.11 Å². The topological polar surface area (TPSA) is 74.4 Å². The molecule has 0 spiro atoms. The molecule has 5 nitrogen and oxygen atoms in total. The van der Waals surface area contributed by atoms with Crippen molar-refractivity contribution >= 4 is 5.97 Å². The highest BCUT2D eigenvalue weighted by atomic mass is 19.1. The molecule has 3 rings (SSSR count). The third-order valence-electron chi connectivity index (χ3n) is 3.66. The molecular formula is C16H15FN2O3. The molecule has 2 heterocycles. The Morgan fingerprint density at radius 2 is 2.23 bits per heavy atom. The monoisotopic (exact) mass is 302 g/mol. The number of halogens is 1. The molecule has 0 aliphatic carbocycles. The Morgan fingerprint density at radius 3 is 3.00 bits per heavy atom. The Morgan fingerprint density at radius 1 is 1.41 bits per heavy atom. The first-order valence-corrected chi connectivity index (χ1v) is 6.85. The van der Waals surface area contributed by atoms with Crippen LogP contribution in [0.4, 0.5) is 4.39 Å². The number of carbonyl (C=O) groups excluding carboxylic acids is 1. The van der Waals surface area contributed by atoms with E-state index in [9.17, 15) is 9.18 Å². The van der Waals surface area contributed by atoms with Gasteiger partial charge in [-0.05, 0) is 29.8 Å². The molecule has 0 saturated heterocycles. The predicted octanol–water partition coefficient (Wildman–Crippen LogP) is 2.53. The fourth-order valence-corrected chi connectivity index (χ4v) is 2.53. The van der Waals surface area contributed by atoms with Crippen molar-refractivity contribution in [1.82, 2.24) is 4.98 Å². The Labute approximate surface area is 126 Å². The first-order chi connectivity index (χ1) is 10.6. The van der Waals surface area contributed by atoms with Crippen LogP contribution >= 0.6 is 0 Å². The van der Waals surface area contributed by atoms with E-state index in [1.807, 2.05) is 6.07 Å². The predicted molar refractivity (Wildman–Crippen MR) is 76.9 cm³/mol. The molecular weight excluding hydrogens is 287 g/mol. The van der Waals surface area contributed by atoms with Crippen LogP contribution in [0.5, 0.6) is 5.88 Å². The molecule has 1 aliphatic rings. The second kappa shape index (κ2) is 5.73. The van der Waals surface area contributed by atoms with Crippen LogP contribution < -0.4 is 10.5 Å². The number of nitrogens with zero attached hydrogens (tertiary/aromatic N) is 1. The number of hydrogen-bond donors (Lipinski definition) is 1. The van der Waals surface area contributed by atoms with E-state index in [1.165, 1.54) is 13.2 Å². The number of esters is 1. The van der Waals surface area contributed by atoms with E-state index in [0.29, 0.717) is 17.5 Å². The molecule has 0 fully saturated rings. The standard InChI is InChI=1S/C16H15FN2O3/c1-21-16(20)10-4-2-3-9(7-10)13-8-12(18)11-5-6-14(17)19-15(11)22-13/h2-7,12-13H,8,18H2,1H3/t12-,13-/m1/s1. The minimum absolute atomic E-state index is 0.201. The summed E-state index contributed by atoms with van der Waals surface area (Å²) in [5, 5.41) is 0. The molecule has 114 valence electrons. The number of carbonyl (C=O) groups is 1. The van der Waals surface area contributed by atoms with Crippen LogP contribution in [0.3, 0.4) is 0 Å². The van der Waals surface area contributed by atoms with Gasteiger partial charge in [-0.15, -0.1) is 0 Å². The van der Waals surface area contributed by atoms with Gasteiger partial charge in [0.25, 0.3) is 0 Å². The van der Waals surface area contributed by atoms with Gasteiger partial charge in [0.15, 0.2) is 0 Å². The van der Waals surface area contributed by atoms with Crippen LogP contribution in [0.2, 0.25) is 0 Å². The number of rotatable bonds is 2. The number of methoxy groups -OCH3 is 1. The number of benzene rings is 1. The second-order valence-corrected chi connectivity index (χ2v) is 5.09. The van der Waals surface area contributed by atoms with E-state index in [-0.39, 0.29) is 18.0 Å². The van der Waals surface area contributed by atoms with E-state index in [4.69, 9.17) is 15.2 Å². The molecule has 1 aromatic carbocycles. The van der Waals surface area contributed by atoms with E-state index < -0.39 is 11.9 Å². The zero-order valence-electron chi connectivity index (χ0n) is 12.0. The summed E-state index contributed by atoms with van der Waals surface area (Å²) in [5.74, 6) is -0.839. The lowest BCUT2D eigenvalue weighted by atomic mass is 9.94. The lowest BCUT2D eigenvalue weighted by Crippen LogP contribution is -2.25. The largest absolute Gasteiger partial charge is 0.469 e. The summed E-state index contributed by atoms with van der Waals surface area (Å²) in [4.78, 5) is 15.4. The molecule has 2 aromatic rings. The third kappa shape index (κ3) is 2.65. The summed E-state index contributed by atoms with van der Waals surface area (Å²) in [7, 11) is 1.32. The minimum atomic E-state index is -0.616. The zero-order valence-corrected chi connectivity index (χ0v) is 12.0. The van der Waals surface area contributed by atoms with Crippen LogP contribution in [0.25, 0.3) is 0 Å². The van der Waals surface area contributed by atoms with Crippen LogP contribution in [0.1, 0.15) is 40.1 Å². The molecule has 1 aromatic heterocycles. The average molecular weight is 302 g/mol. The first-order valence-electron chi connectivity index (χ1n) is 6.85. The maximum atomic E-state index is 13.3. The van der Waals surface area contributed by atoms with Gasteiger partial charge in [0.05, 0.1) is 12.7 Å². The summed E-state index contributed by atoms with van der Waals surface area (Å²) in [6.07, 6.45) is 0.131. The van der Waals surface area contributed by atoms with Gasteiger partial charge in [0, 0.05) is 18.0 Å². The third-order valence-corrected chi connectivity index (χ3v) is 3.66. The van der Waals surface area contributed by atoms with Crippen molar-refractivity contribution in [3.05, 3.63) is 59.0 Å².